The Morgan fingerprint density at radius 1 is 1.00 bits per heavy atom. The van der Waals surface area contributed by atoms with Crippen LogP contribution in [0.5, 0.6) is 0 Å². The lowest BCUT2D eigenvalue weighted by Crippen LogP contribution is -2.21. The first-order chi connectivity index (χ1) is 7.11. The van der Waals surface area contributed by atoms with Gasteiger partial charge in [-0.05, 0) is 0 Å². The number of nitrogens with zero attached hydrogens (tertiary/aromatic N) is 4. The third kappa shape index (κ3) is 6.81. The van der Waals surface area contributed by atoms with Crippen molar-refractivity contribution in [1.29, 1.82) is 0 Å². The number of hydrogen-bond donors (Lipinski definition) is 2. The first-order valence-electron chi connectivity index (χ1n) is 3.46. The molecule has 0 aliphatic carbocycles. The highest BCUT2D eigenvalue weighted by atomic mass is 16.7. The zero-order valence-electron chi connectivity index (χ0n) is 8.39. The number of hydrogen-bond acceptors (Lipinski definition) is 8. The minimum absolute atomic E-state index is 0.500. The van der Waals surface area contributed by atoms with Crippen LogP contribution in [0.3, 0.4) is 0 Å². The average Bonchev–Trinajstić information content (AvgIpc) is 2.01. The van der Waals surface area contributed by atoms with E-state index in [0.717, 1.165) is 5.01 Å². The summed E-state index contributed by atoms with van der Waals surface area (Å²) in [6.07, 6.45) is 0. The van der Waals surface area contributed by atoms with Gasteiger partial charge in [0.1, 0.15) is 9.85 Å². The molecule has 0 fully saturated rings. The van der Waals surface area contributed by atoms with Crippen LogP contribution >= 0.6 is 0 Å². The van der Waals surface area contributed by atoms with E-state index in [1.54, 1.807) is 0 Å². The van der Waals surface area contributed by atoms with Crippen LogP contribution in [-0.2, 0) is 0 Å². The molecule has 0 aliphatic heterocycles. The van der Waals surface area contributed by atoms with Crippen LogP contribution in [0.2, 0.25) is 0 Å². The molecule has 0 bridgehead atoms. The molecule has 0 heterocycles. The van der Waals surface area contributed by atoms with Gasteiger partial charge in [0.25, 0.3) is 5.82 Å². The normalized spacial score (nSPS) is 8.12. The fourth-order valence-electron chi connectivity index (χ4n) is 0.277. The van der Waals surface area contributed by atoms with Gasteiger partial charge >= 0.3 is 5.82 Å². The minimum Gasteiger partial charge on any atom is -0.374 e. The molecule has 16 heavy (non-hydrogen) atoms. The van der Waals surface area contributed by atoms with E-state index in [1.807, 2.05) is 0 Å². The first kappa shape index (κ1) is 15.8. The lowest BCUT2D eigenvalue weighted by Gasteiger charge is -1.94. The molecule has 0 amide bonds. The molecule has 0 atom stereocenters. The van der Waals surface area contributed by atoms with Crippen LogP contribution in [-0.4, -0.2) is 34.0 Å². The van der Waals surface area contributed by atoms with Crippen LogP contribution in [0.15, 0.2) is 11.6 Å². The van der Waals surface area contributed by atoms with E-state index < -0.39 is 26.5 Å². The van der Waals surface area contributed by atoms with E-state index >= 15 is 0 Å². The van der Waals surface area contributed by atoms with E-state index in [9.17, 15) is 30.3 Å². The van der Waals surface area contributed by atoms with E-state index in [0.29, 0.717) is 0 Å². The van der Waals surface area contributed by atoms with Crippen LogP contribution in [0.1, 0.15) is 0 Å². The van der Waals surface area contributed by atoms with Gasteiger partial charge in [0.05, 0.1) is 14.1 Å². The molecule has 0 aliphatic rings. The molecule has 0 aromatic rings. The van der Waals surface area contributed by atoms with Crippen molar-refractivity contribution in [3.8, 4) is 0 Å². The zero-order chi connectivity index (χ0) is 13.5. The lowest BCUT2D eigenvalue weighted by atomic mass is 10.7. The van der Waals surface area contributed by atoms with Crippen molar-refractivity contribution in [2.24, 2.45) is 11.5 Å². The molecule has 0 aromatic carbocycles. The number of rotatable bonds is 3. The van der Waals surface area contributed by atoms with Gasteiger partial charge in [-0.2, -0.15) is 0 Å². The van der Waals surface area contributed by atoms with Crippen molar-refractivity contribution in [3.63, 3.8) is 0 Å². The molecule has 0 unspecified atom stereocenters. The smallest absolute Gasteiger partial charge is 0.374 e. The van der Waals surface area contributed by atoms with Crippen molar-refractivity contribution in [2.75, 3.05) is 14.1 Å². The maximum absolute atomic E-state index is 9.73. The molecule has 12 heteroatoms. The van der Waals surface area contributed by atoms with Crippen LogP contribution in [0.4, 0.5) is 0 Å². The SMILES string of the molecule is CN(C)[N+](=O)[O-].NC(N)=C([N+](=O)[O-])[N+](=O)[O-]. The monoisotopic (exact) mass is 238 g/mol. The van der Waals surface area contributed by atoms with Crippen molar-refractivity contribution < 1.29 is 14.9 Å². The molecule has 0 saturated heterocycles. The van der Waals surface area contributed by atoms with Gasteiger partial charge in [-0.25, -0.2) is 10.1 Å². The summed E-state index contributed by atoms with van der Waals surface area (Å²) in [5.41, 5.74) is 9.23. The Hall–Kier alpha value is -2.66. The summed E-state index contributed by atoms with van der Waals surface area (Å²) in [6.45, 7) is 0. The van der Waals surface area contributed by atoms with E-state index in [2.05, 4.69) is 11.5 Å². The second-order valence-corrected chi connectivity index (χ2v) is 2.38. The Balaban J connectivity index is 0. The average molecular weight is 238 g/mol. The summed E-state index contributed by atoms with van der Waals surface area (Å²) in [7, 11) is 2.75. The molecule has 4 N–H and O–H groups in total. The van der Waals surface area contributed by atoms with Gasteiger partial charge in [-0.15, -0.1) is 5.01 Å². The van der Waals surface area contributed by atoms with Gasteiger partial charge < -0.3 is 11.5 Å². The van der Waals surface area contributed by atoms with Gasteiger partial charge in [0, 0.05) is 0 Å². The summed E-state index contributed by atoms with van der Waals surface area (Å²) in [5, 5.41) is 29.3. The first-order valence-corrected chi connectivity index (χ1v) is 3.46. The molecule has 0 rings (SSSR count). The molecule has 0 spiro atoms. The Morgan fingerprint density at radius 3 is 1.25 bits per heavy atom. The summed E-state index contributed by atoms with van der Waals surface area (Å²) in [5.74, 6) is -2.30. The standard InChI is InChI=1S/C2H4N4O4.C2H6N2O2/c3-1(4)2(5(7)8)6(9)10;1-3(2)4(5)6/h3-4H2;1-2H3. The molecule has 92 valence electrons. The molecule has 0 saturated carbocycles. The number of hydrazine groups is 1. The maximum Gasteiger partial charge on any atom is 0.598 e. The quantitative estimate of drug-likeness (QED) is 0.427. The molecule has 12 nitrogen and oxygen atoms in total. The largest absolute Gasteiger partial charge is 0.598 e. The highest BCUT2D eigenvalue weighted by Crippen LogP contribution is 1.95. The fraction of sp³-hybridized carbons (Fsp3) is 0.500. The van der Waals surface area contributed by atoms with Crippen molar-refractivity contribution in [1.82, 2.24) is 5.01 Å². The van der Waals surface area contributed by atoms with Gasteiger partial charge in [-0.1, -0.05) is 0 Å². The summed E-state index contributed by atoms with van der Waals surface area (Å²) < 4.78 is 0. The fourth-order valence-corrected chi connectivity index (χ4v) is 0.277. The molecular weight excluding hydrogens is 228 g/mol. The van der Waals surface area contributed by atoms with Gasteiger partial charge in [0.15, 0.2) is 5.03 Å². The summed E-state index contributed by atoms with van der Waals surface area (Å²) >= 11 is 0. The van der Waals surface area contributed by atoms with Crippen LogP contribution in [0, 0.1) is 30.3 Å². The highest BCUT2D eigenvalue weighted by Gasteiger charge is 2.28. The highest BCUT2D eigenvalue weighted by molar-refractivity contribution is 4.89. The Morgan fingerprint density at radius 2 is 1.25 bits per heavy atom. The molecule has 0 radical (unpaired) electrons. The zero-order valence-corrected chi connectivity index (χ0v) is 8.39. The Labute approximate surface area is 88.5 Å². The minimum atomic E-state index is -1.39. The molecular formula is C4H10N6O6. The van der Waals surface area contributed by atoms with Crippen molar-refractivity contribution in [3.05, 3.63) is 42.0 Å². The van der Waals surface area contributed by atoms with Gasteiger partial charge in [-0.3, -0.25) is 20.2 Å². The van der Waals surface area contributed by atoms with E-state index in [1.165, 1.54) is 14.1 Å². The van der Waals surface area contributed by atoms with E-state index in [-0.39, 0.29) is 0 Å². The Kier molecular flexibility index (Phi) is 6.66. The number of nitrogens with two attached hydrogens (primary N) is 2. The second-order valence-electron chi connectivity index (χ2n) is 2.38. The summed E-state index contributed by atoms with van der Waals surface area (Å²) in [4.78, 5) is 26.4. The third-order valence-corrected chi connectivity index (χ3v) is 0.931. The summed E-state index contributed by atoms with van der Waals surface area (Å²) in [6, 6.07) is 0. The predicted molar refractivity (Wildman–Crippen MR) is 50.1 cm³/mol. The maximum atomic E-state index is 9.73. The topological polar surface area (TPSA) is 185 Å². The van der Waals surface area contributed by atoms with Gasteiger partial charge in [0.2, 0.25) is 0 Å². The van der Waals surface area contributed by atoms with Crippen LogP contribution < -0.4 is 11.5 Å². The lowest BCUT2D eigenvalue weighted by molar-refractivity contribution is -0.642. The van der Waals surface area contributed by atoms with Crippen LogP contribution in [0.25, 0.3) is 0 Å². The second kappa shape index (κ2) is 6.74. The Bertz CT molecular complexity index is 303. The molecule has 0 aromatic heterocycles. The predicted octanol–water partition coefficient (Wildman–Crippen LogP) is -1.68. The third-order valence-electron chi connectivity index (χ3n) is 0.931. The van der Waals surface area contributed by atoms with Crippen molar-refractivity contribution >= 4 is 0 Å². The van der Waals surface area contributed by atoms with E-state index in [4.69, 9.17) is 0 Å². The number of nitro groups is 3. The van der Waals surface area contributed by atoms with Crippen molar-refractivity contribution in [2.45, 2.75) is 0 Å².